The number of nitrogens with zero attached hydrogens (tertiary/aromatic N) is 3. The third kappa shape index (κ3) is 4.76. The average Bonchev–Trinajstić information content (AvgIpc) is 3.01. The number of aromatic nitrogens is 4. The number of anilines is 1. The van der Waals surface area contributed by atoms with E-state index in [4.69, 9.17) is 20.3 Å². The average molecular weight is 522 g/mol. The van der Waals surface area contributed by atoms with Crippen LogP contribution in [0.1, 0.15) is 6.23 Å². The van der Waals surface area contributed by atoms with Crippen LogP contribution in [0.4, 0.5) is 5.95 Å². The number of nitrogens with two attached hydrogens (primary N) is 1. The fourth-order valence-electron chi connectivity index (χ4n) is 2.61. The molecule has 3 unspecified atom stereocenters. The molecule has 19 heteroatoms. The first kappa shape index (κ1) is 22.5. The van der Waals surface area contributed by atoms with Crippen molar-refractivity contribution in [2.75, 3.05) is 12.3 Å². The number of hydrogen-bond acceptors (Lipinski definition) is 11. The highest BCUT2D eigenvalue weighted by molar-refractivity contribution is 9.10. The first-order valence-electron chi connectivity index (χ1n) is 7.48. The van der Waals surface area contributed by atoms with Crippen LogP contribution in [-0.4, -0.2) is 69.3 Å². The van der Waals surface area contributed by atoms with E-state index in [0.717, 1.165) is 4.57 Å². The van der Waals surface area contributed by atoms with Crippen LogP contribution in [0.2, 0.25) is 0 Å². The Morgan fingerprint density at radius 1 is 1.24 bits per heavy atom. The second kappa shape index (κ2) is 7.79. The standard InChI is InChI=1S/C10H14BrN5O11P2/c11-9-13-3-6(14-10(12)15-7(3)19)16(9)8-5(18)4(17)2(26-8)1-25-29(23,24)27-28(20,21)22/h2,4-5,8,17-18H,1H2,(H,23,24)(H2,20,21,22)(H3,12,14,15,19)/t2-,4?,5?,8-/m1/s1. The Kier molecular flexibility index (Phi) is 6.03. The number of phosphoric acid groups is 2. The van der Waals surface area contributed by atoms with E-state index in [1.54, 1.807) is 0 Å². The minimum atomic E-state index is -5.33. The van der Waals surface area contributed by atoms with Gasteiger partial charge in [0.05, 0.1) is 6.61 Å². The molecule has 0 amide bonds. The number of fused-ring (bicyclic) bond motifs is 1. The van der Waals surface area contributed by atoms with E-state index in [1.807, 2.05) is 0 Å². The van der Waals surface area contributed by atoms with Crippen molar-refractivity contribution in [2.45, 2.75) is 24.5 Å². The Morgan fingerprint density at radius 3 is 2.52 bits per heavy atom. The molecular weight excluding hydrogens is 508 g/mol. The molecule has 162 valence electrons. The maximum absolute atomic E-state index is 11.9. The molecule has 2 aromatic rings. The molecule has 1 saturated heterocycles. The largest absolute Gasteiger partial charge is 0.481 e. The number of aromatic amines is 1. The highest BCUT2D eigenvalue weighted by atomic mass is 79.9. The van der Waals surface area contributed by atoms with Gasteiger partial charge in [0.1, 0.15) is 18.3 Å². The number of imidazole rings is 1. The number of H-pyrrole nitrogens is 1. The Morgan fingerprint density at radius 2 is 1.90 bits per heavy atom. The van der Waals surface area contributed by atoms with Crippen LogP contribution >= 0.6 is 31.6 Å². The van der Waals surface area contributed by atoms with Crippen molar-refractivity contribution in [1.29, 1.82) is 0 Å². The van der Waals surface area contributed by atoms with E-state index in [-0.39, 0.29) is 21.8 Å². The quantitative estimate of drug-likeness (QED) is 0.165. The number of rotatable bonds is 6. The van der Waals surface area contributed by atoms with Crippen LogP contribution < -0.4 is 11.3 Å². The Balaban J connectivity index is 1.85. The van der Waals surface area contributed by atoms with E-state index in [2.05, 4.69) is 39.7 Å². The summed E-state index contributed by atoms with van der Waals surface area (Å²) in [5, 5.41) is 20.5. The zero-order valence-corrected chi connectivity index (χ0v) is 17.3. The normalized spacial score (nSPS) is 27.4. The van der Waals surface area contributed by atoms with Gasteiger partial charge < -0.3 is 35.4 Å². The van der Waals surface area contributed by atoms with Crippen molar-refractivity contribution < 1.29 is 47.6 Å². The number of aliphatic hydroxyl groups excluding tert-OH is 2. The predicted molar refractivity (Wildman–Crippen MR) is 95.1 cm³/mol. The molecular formula is C10H14BrN5O11P2. The first-order chi connectivity index (χ1) is 13.3. The number of ether oxygens (including phenoxy) is 1. The summed E-state index contributed by atoms with van der Waals surface area (Å²) in [6, 6.07) is 0. The van der Waals surface area contributed by atoms with Crippen LogP contribution in [0, 0.1) is 0 Å². The molecule has 5 atom stereocenters. The van der Waals surface area contributed by atoms with Crippen LogP contribution in [0.15, 0.2) is 9.53 Å². The number of halogens is 1. The summed E-state index contributed by atoms with van der Waals surface area (Å²) < 4.78 is 36.7. The number of aliphatic hydroxyl groups is 2. The zero-order valence-electron chi connectivity index (χ0n) is 13.9. The lowest BCUT2D eigenvalue weighted by molar-refractivity contribution is -0.0513. The lowest BCUT2D eigenvalue weighted by atomic mass is 10.1. The van der Waals surface area contributed by atoms with Crippen molar-refractivity contribution in [3.8, 4) is 0 Å². The van der Waals surface area contributed by atoms with Crippen molar-refractivity contribution >= 4 is 48.7 Å². The fraction of sp³-hybridized carbons (Fsp3) is 0.500. The number of phosphoric ester groups is 1. The molecule has 1 fully saturated rings. The lowest BCUT2D eigenvalue weighted by Crippen LogP contribution is -2.33. The van der Waals surface area contributed by atoms with E-state index in [1.165, 1.54) is 0 Å². The molecule has 29 heavy (non-hydrogen) atoms. The van der Waals surface area contributed by atoms with E-state index in [0.29, 0.717) is 0 Å². The van der Waals surface area contributed by atoms with Gasteiger partial charge in [0, 0.05) is 0 Å². The van der Waals surface area contributed by atoms with E-state index in [9.17, 15) is 29.0 Å². The highest BCUT2D eigenvalue weighted by Crippen LogP contribution is 2.57. The third-order valence-electron chi connectivity index (χ3n) is 3.73. The SMILES string of the molecule is Nc1nc2c(nc(Br)n2[C@@H]2O[C@H](COP(=O)(O)OP(=O)(O)O)C(O)C2O)c(=O)[nH]1. The highest BCUT2D eigenvalue weighted by Gasteiger charge is 2.46. The number of nitrogen functional groups attached to an aromatic ring is 1. The smallest absolute Gasteiger partial charge is 0.387 e. The van der Waals surface area contributed by atoms with Crippen molar-refractivity contribution in [3.05, 3.63) is 15.1 Å². The predicted octanol–water partition coefficient (Wildman–Crippen LogP) is -1.69. The van der Waals surface area contributed by atoms with Crippen molar-refractivity contribution in [2.24, 2.45) is 0 Å². The summed E-state index contributed by atoms with van der Waals surface area (Å²) in [6.07, 6.45) is -6.12. The molecule has 0 aromatic carbocycles. The second-order valence-electron chi connectivity index (χ2n) is 5.76. The molecule has 1 aliphatic heterocycles. The van der Waals surface area contributed by atoms with Crippen LogP contribution in [0.3, 0.4) is 0 Å². The minimum Gasteiger partial charge on any atom is -0.387 e. The minimum absolute atomic E-state index is 0.00780. The van der Waals surface area contributed by atoms with Gasteiger partial charge in [-0.05, 0) is 15.9 Å². The number of nitrogens with one attached hydrogen (secondary N) is 1. The molecule has 0 bridgehead atoms. The summed E-state index contributed by atoms with van der Waals surface area (Å²) in [4.78, 5) is 48.5. The Labute approximate surface area is 168 Å². The van der Waals surface area contributed by atoms with Gasteiger partial charge >= 0.3 is 15.6 Å². The molecule has 0 aliphatic carbocycles. The summed E-state index contributed by atoms with van der Waals surface area (Å²) in [7, 11) is -10.5. The lowest BCUT2D eigenvalue weighted by Gasteiger charge is -2.18. The Hall–Kier alpha value is -1.23. The van der Waals surface area contributed by atoms with Crippen LogP contribution in [0.5, 0.6) is 0 Å². The molecule has 3 heterocycles. The van der Waals surface area contributed by atoms with Crippen molar-refractivity contribution in [1.82, 2.24) is 19.5 Å². The summed E-state index contributed by atoms with van der Waals surface area (Å²) >= 11 is 3.07. The third-order valence-corrected chi connectivity index (χ3v) is 6.44. The Bertz CT molecular complexity index is 1080. The van der Waals surface area contributed by atoms with Crippen molar-refractivity contribution in [3.63, 3.8) is 0 Å². The van der Waals surface area contributed by atoms with Gasteiger partial charge in [0.2, 0.25) is 5.95 Å². The molecule has 2 aromatic heterocycles. The molecule has 0 radical (unpaired) electrons. The van der Waals surface area contributed by atoms with Gasteiger partial charge in [-0.15, -0.1) is 0 Å². The monoisotopic (exact) mass is 521 g/mol. The molecule has 1 aliphatic rings. The molecule has 3 rings (SSSR count). The number of hydrogen-bond donors (Lipinski definition) is 7. The molecule has 0 saturated carbocycles. The summed E-state index contributed by atoms with van der Waals surface area (Å²) in [5.74, 6) is -0.250. The second-order valence-corrected chi connectivity index (χ2v) is 9.30. The first-order valence-corrected chi connectivity index (χ1v) is 11.3. The topological polar surface area (TPSA) is 253 Å². The van der Waals surface area contributed by atoms with Crippen LogP contribution in [0.25, 0.3) is 11.2 Å². The zero-order chi connectivity index (χ0) is 21.7. The molecule has 16 nitrogen and oxygen atoms in total. The van der Waals surface area contributed by atoms with Crippen LogP contribution in [-0.2, 0) is 22.7 Å². The molecule has 8 N–H and O–H groups in total. The van der Waals surface area contributed by atoms with Gasteiger partial charge in [-0.1, -0.05) is 0 Å². The van der Waals surface area contributed by atoms with Gasteiger partial charge in [-0.2, -0.15) is 9.29 Å². The van der Waals surface area contributed by atoms with Gasteiger partial charge in [-0.25, -0.2) is 14.1 Å². The van der Waals surface area contributed by atoms with Gasteiger partial charge in [-0.3, -0.25) is 18.9 Å². The van der Waals surface area contributed by atoms with Gasteiger partial charge in [0.25, 0.3) is 5.56 Å². The summed E-state index contributed by atoms with van der Waals surface area (Å²) in [5.41, 5.74) is 4.60. The molecule has 0 spiro atoms. The summed E-state index contributed by atoms with van der Waals surface area (Å²) in [6.45, 7) is -0.886. The van der Waals surface area contributed by atoms with Gasteiger partial charge in [0.15, 0.2) is 22.1 Å². The maximum Gasteiger partial charge on any atom is 0.481 e. The van der Waals surface area contributed by atoms with E-state index >= 15 is 0 Å². The maximum atomic E-state index is 11.9. The van der Waals surface area contributed by atoms with E-state index < -0.39 is 52.4 Å². The fourth-order valence-corrected chi connectivity index (χ4v) is 4.75.